The molecule has 0 spiro atoms. The van der Waals surface area contributed by atoms with Crippen LogP contribution in [0.25, 0.3) is 10.2 Å². The van der Waals surface area contributed by atoms with Gasteiger partial charge in [-0.15, -0.1) is 22.7 Å². The molecule has 31 heavy (non-hydrogen) atoms. The molecule has 4 aromatic rings. The first-order valence-electron chi connectivity index (χ1n) is 9.37. The summed E-state index contributed by atoms with van der Waals surface area (Å²) in [5, 5.41) is 5.85. The molecular formula is C20H17FN4O3S3. The number of hydrogen-bond donors (Lipinski definition) is 1. The highest BCUT2D eigenvalue weighted by Crippen LogP contribution is 2.40. The monoisotopic (exact) mass is 476 g/mol. The topological polar surface area (TPSA) is 84.4 Å². The van der Waals surface area contributed by atoms with Gasteiger partial charge in [-0.3, -0.25) is 0 Å². The first kappa shape index (κ1) is 20.3. The lowest BCUT2D eigenvalue weighted by atomic mass is 10.1. The van der Waals surface area contributed by atoms with Gasteiger partial charge in [0.1, 0.15) is 32.8 Å². The quantitative estimate of drug-likeness (QED) is 0.460. The predicted molar refractivity (Wildman–Crippen MR) is 119 cm³/mol. The molecule has 1 aliphatic rings. The molecule has 4 heterocycles. The van der Waals surface area contributed by atoms with Crippen molar-refractivity contribution in [3.63, 3.8) is 0 Å². The Morgan fingerprint density at radius 1 is 1.26 bits per heavy atom. The fourth-order valence-electron chi connectivity index (χ4n) is 3.64. The van der Waals surface area contributed by atoms with E-state index in [1.807, 2.05) is 0 Å². The second-order valence-electron chi connectivity index (χ2n) is 6.90. The number of thiophene rings is 2. The van der Waals surface area contributed by atoms with Crippen LogP contribution in [0.5, 0.6) is 5.75 Å². The lowest BCUT2D eigenvalue weighted by molar-refractivity contribution is 0.397. The van der Waals surface area contributed by atoms with Crippen molar-refractivity contribution in [1.29, 1.82) is 0 Å². The van der Waals surface area contributed by atoms with Crippen LogP contribution in [0.4, 0.5) is 15.9 Å². The number of nitrogens with one attached hydrogen (secondary N) is 1. The van der Waals surface area contributed by atoms with E-state index in [1.165, 1.54) is 52.5 Å². The largest absolute Gasteiger partial charge is 0.494 e. The molecule has 0 atom stereocenters. The highest BCUT2D eigenvalue weighted by atomic mass is 32.2. The lowest BCUT2D eigenvalue weighted by Crippen LogP contribution is -2.34. The van der Waals surface area contributed by atoms with E-state index in [0.717, 1.165) is 20.7 Å². The van der Waals surface area contributed by atoms with Gasteiger partial charge in [0.05, 0.1) is 18.2 Å². The van der Waals surface area contributed by atoms with Crippen molar-refractivity contribution in [3.8, 4) is 5.75 Å². The number of aromatic nitrogens is 2. The van der Waals surface area contributed by atoms with Gasteiger partial charge in [0, 0.05) is 24.0 Å². The van der Waals surface area contributed by atoms with Gasteiger partial charge in [-0.1, -0.05) is 6.07 Å². The van der Waals surface area contributed by atoms with E-state index in [9.17, 15) is 12.8 Å². The van der Waals surface area contributed by atoms with Crippen LogP contribution in [0, 0.1) is 5.82 Å². The Hall–Kier alpha value is -2.60. The number of rotatable bonds is 5. The standard InChI is InChI=1S/C20H17FN4O3S3/c1-28-15-9-12(21)4-5-14(15)24-19-18-13-6-7-25(31(26,27)17-3-2-8-29-17)10-16(13)30-20(18)23-11-22-19/h2-5,8-9,11H,6-7,10H2,1H3,(H,22,23,24). The van der Waals surface area contributed by atoms with Crippen LogP contribution >= 0.6 is 22.7 Å². The van der Waals surface area contributed by atoms with E-state index < -0.39 is 15.8 Å². The van der Waals surface area contributed by atoms with E-state index in [2.05, 4.69) is 15.3 Å². The molecule has 3 aromatic heterocycles. The molecule has 0 fully saturated rings. The molecule has 0 bridgehead atoms. The van der Waals surface area contributed by atoms with Gasteiger partial charge in [0.2, 0.25) is 0 Å². The molecule has 0 radical (unpaired) electrons. The van der Waals surface area contributed by atoms with Crippen molar-refractivity contribution < 1.29 is 17.5 Å². The molecule has 7 nitrogen and oxygen atoms in total. The molecule has 11 heteroatoms. The van der Waals surface area contributed by atoms with E-state index in [0.29, 0.717) is 41.0 Å². The molecule has 0 unspecified atom stereocenters. The summed E-state index contributed by atoms with van der Waals surface area (Å²) in [7, 11) is -2.04. The van der Waals surface area contributed by atoms with Gasteiger partial charge >= 0.3 is 0 Å². The fourth-order valence-corrected chi connectivity index (χ4v) is 7.48. The minimum absolute atomic E-state index is 0.301. The van der Waals surface area contributed by atoms with Gasteiger partial charge < -0.3 is 10.1 Å². The summed E-state index contributed by atoms with van der Waals surface area (Å²) in [5.41, 5.74) is 1.63. The Labute approximate surface area is 186 Å². The van der Waals surface area contributed by atoms with Crippen LogP contribution < -0.4 is 10.1 Å². The number of fused-ring (bicyclic) bond motifs is 3. The number of anilines is 2. The van der Waals surface area contributed by atoms with Crippen LogP contribution in [0.3, 0.4) is 0 Å². The summed E-state index contributed by atoms with van der Waals surface area (Å²) in [6.45, 7) is 0.684. The number of sulfonamides is 1. The third kappa shape index (κ3) is 3.57. The van der Waals surface area contributed by atoms with Gasteiger partial charge in [0.25, 0.3) is 10.0 Å². The zero-order valence-electron chi connectivity index (χ0n) is 16.3. The van der Waals surface area contributed by atoms with Gasteiger partial charge in [-0.05, 0) is 35.6 Å². The highest BCUT2D eigenvalue weighted by molar-refractivity contribution is 7.91. The molecule has 0 amide bonds. The van der Waals surface area contributed by atoms with Crippen LogP contribution in [-0.4, -0.2) is 36.3 Å². The number of hydrogen-bond acceptors (Lipinski definition) is 8. The van der Waals surface area contributed by atoms with Crippen molar-refractivity contribution >= 4 is 54.4 Å². The summed E-state index contributed by atoms with van der Waals surface area (Å²) >= 11 is 2.69. The van der Waals surface area contributed by atoms with Crippen LogP contribution in [0.1, 0.15) is 10.4 Å². The van der Waals surface area contributed by atoms with E-state index in [-0.39, 0.29) is 0 Å². The second-order valence-corrected chi connectivity index (χ2v) is 11.1. The average molecular weight is 477 g/mol. The Morgan fingerprint density at radius 2 is 2.13 bits per heavy atom. The summed E-state index contributed by atoms with van der Waals surface area (Å²) < 4.78 is 46.6. The number of benzene rings is 1. The molecular weight excluding hydrogens is 459 g/mol. The summed E-state index contributed by atoms with van der Waals surface area (Å²) in [5.74, 6) is 0.557. The normalized spacial score (nSPS) is 14.5. The average Bonchev–Trinajstić information content (AvgIpc) is 3.43. The third-order valence-electron chi connectivity index (χ3n) is 5.11. The van der Waals surface area contributed by atoms with Crippen LogP contribution in [-0.2, 0) is 23.0 Å². The number of nitrogens with zero attached hydrogens (tertiary/aromatic N) is 3. The Morgan fingerprint density at radius 3 is 2.90 bits per heavy atom. The van der Waals surface area contributed by atoms with Crippen molar-refractivity contribution in [2.75, 3.05) is 19.0 Å². The van der Waals surface area contributed by atoms with Gasteiger partial charge in [0.15, 0.2) is 0 Å². The molecule has 1 aromatic carbocycles. The summed E-state index contributed by atoms with van der Waals surface area (Å²) in [4.78, 5) is 10.5. The minimum atomic E-state index is -3.52. The molecule has 0 saturated carbocycles. The number of ether oxygens (including phenoxy) is 1. The lowest BCUT2D eigenvalue weighted by Gasteiger charge is -2.25. The second kappa shape index (κ2) is 7.83. The number of halogens is 1. The maximum atomic E-state index is 13.6. The molecule has 1 N–H and O–H groups in total. The Bertz CT molecular complexity index is 1370. The molecule has 5 rings (SSSR count). The summed E-state index contributed by atoms with van der Waals surface area (Å²) in [6, 6.07) is 7.61. The first-order chi connectivity index (χ1) is 15.0. The fraction of sp³-hybridized carbons (Fsp3) is 0.200. The van der Waals surface area contributed by atoms with Gasteiger partial charge in [-0.2, -0.15) is 4.31 Å². The zero-order chi connectivity index (χ0) is 21.6. The first-order valence-corrected chi connectivity index (χ1v) is 12.5. The maximum absolute atomic E-state index is 13.6. The van der Waals surface area contributed by atoms with E-state index in [4.69, 9.17) is 4.74 Å². The van der Waals surface area contributed by atoms with Crippen LogP contribution in [0.2, 0.25) is 0 Å². The Balaban J connectivity index is 1.52. The smallest absolute Gasteiger partial charge is 0.252 e. The van der Waals surface area contributed by atoms with E-state index >= 15 is 0 Å². The van der Waals surface area contributed by atoms with Crippen LogP contribution in [0.15, 0.2) is 46.2 Å². The zero-order valence-corrected chi connectivity index (χ0v) is 18.8. The van der Waals surface area contributed by atoms with Crippen molar-refractivity contribution in [1.82, 2.24) is 14.3 Å². The third-order valence-corrected chi connectivity index (χ3v) is 9.45. The van der Waals surface area contributed by atoms with Gasteiger partial charge in [-0.25, -0.2) is 22.8 Å². The van der Waals surface area contributed by atoms with E-state index in [1.54, 1.807) is 23.6 Å². The van der Waals surface area contributed by atoms with Crippen molar-refractivity contribution in [2.45, 2.75) is 17.2 Å². The minimum Gasteiger partial charge on any atom is -0.494 e. The predicted octanol–water partition coefficient (Wildman–Crippen LogP) is 4.39. The number of methoxy groups -OCH3 is 1. The summed E-state index contributed by atoms with van der Waals surface area (Å²) in [6.07, 6.45) is 2.02. The molecule has 0 saturated heterocycles. The Kier molecular flexibility index (Phi) is 5.13. The highest BCUT2D eigenvalue weighted by Gasteiger charge is 2.32. The van der Waals surface area contributed by atoms with Crippen molar-refractivity contribution in [3.05, 3.63) is 58.3 Å². The molecule has 1 aliphatic heterocycles. The molecule has 160 valence electrons. The molecule has 0 aliphatic carbocycles. The maximum Gasteiger partial charge on any atom is 0.252 e. The van der Waals surface area contributed by atoms with Crippen molar-refractivity contribution in [2.24, 2.45) is 0 Å². The SMILES string of the molecule is COc1cc(F)ccc1Nc1ncnc2sc3c(c12)CCN(S(=O)(=O)c1cccs1)C3.